The van der Waals surface area contributed by atoms with E-state index < -0.39 is 34.7 Å². The summed E-state index contributed by atoms with van der Waals surface area (Å²) in [4.78, 5) is 25.3. The second-order valence-corrected chi connectivity index (χ2v) is 7.89. The van der Waals surface area contributed by atoms with Crippen LogP contribution in [0.2, 0.25) is 0 Å². The zero-order valence-electron chi connectivity index (χ0n) is 19.8. The van der Waals surface area contributed by atoms with E-state index >= 15 is 0 Å². The molecule has 4 aromatic rings. The molecule has 0 saturated heterocycles. The van der Waals surface area contributed by atoms with E-state index in [1.807, 2.05) is 31.2 Å². The monoisotopic (exact) mass is 510 g/mol. The molecule has 0 aliphatic carbocycles. The second kappa shape index (κ2) is 10.6. The van der Waals surface area contributed by atoms with Gasteiger partial charge >= 0.3 is 12.1 Å². The van der Waals surface area contributed by atoms with Crippen molar-refractivity contribution in [2.45, 2.75) is 20.0 Å². The summed E-state index contributed by atoms with van der Waals surface area (Å²) in [5, 5.41) is -0.188. The van der Waals surface area contributed by atoms with Crippen LogP contribution in [0.25, 0.3) is 17.0 Å². The maximum absolute atomic E-state index is 13.9. The highest BCUT2D eigenvalue weighted by molar-refractivity contribution is 5.89. The van der Waals surface area contributed by atoms with E-state index in [1.165, 1.54) is 42.5 Å². The van der Waals surface area contributed by atoms with Crippen molar-refractivity contribution in [1.82, 2.24) is 0 Å². The quantitative estimate of drug-likeness (QED) is 0.152. The van der Waals surface area contributed by atoms with Gasteiger partial charge in [-0.2, -0.15) is 13.2 Å². The van der Waals surface area contributed by atoms with Crippen LogP contribution in [0.15, 0.2) is 82.0 Å². The Balaban J connectivity index is 1.67. The standard InChI is InChI=1S/C28H21F3O6/c1-3-34-21-6-4-5-7-22(21)36-26-25(33)20-14-13-19(16-23(20)37-27(26)28(29,30)31)35-24(32)15-12-18-10-8-17(2)9-11-18/h4-16H,3H2,1-2H3. The largest absolute Gasteiger partial charge is 0.490 e. The number of benzene rings is 3. The number of fused-ring (bicyclic) bond motifs is 1. The van der Waals surface area contributed by atoms with Crippen LogP contribution in [0.1, 0.15) is 23.8 Å². The Kier molecular flexibility index (Phi) is 7.33. The molecule has 4 rings (SSSR count). The molecule has 190 valence electrons. The first-order valence-electron chi connectivity index (χ1n) is 11.2. The van der Waals surface area contributed by atoms with Crippen LogP contribution in [0.3, 0.4) is 0 Å². The number of ether oxygens (including phenoxy) is 3. The van der Waals surface area contributed by atoms with Crippen LogP contribution in [-0.4, -0.2) is 12.6 Å². The molecule has 1 heterocycles. The molecular weight excluding hydrogens is 489 g/mol. The fourth-order valence-corrected chi connectivity index (χ4v) is 3.41. The van der Waals surface area contributed by atoms with Crippen molar-refractivity contribution < 1.29 is 36.6 Å². The lowest BCUT2D eigenvalue weighted by atomic mass is 10.1. The minimum atomic E-state index is -5.05. The van der Waals surface area contributed by atoms with Gasteiger partial charge in [-0.1, -0.05) is 42.0 Å². The fourth-order valence-electron chi connectivity index (χ4n) is 3.41. The average Bonchev–Trinajstić information content (AvgIpc) is 2.86. The number of carbonyl (C=O) groups is 1. The van der Waals surface area contributed by atoms with E-state index in [-0.39, 0.29) is 29.2 Å². The molecule has 0 aliphatic rings. The Hall–Kier alpha value is -4.53. The normalized spacial score (nSPS) is 11.6. The fraction of sp³-hybridized carbons (Fsp3) is 0.143. The van der Waals surface area contributed by atoms with Gasteiger partial charge in [0.05, 0.1) is 12.0 Å². The lowest BCUT2D eigenvalue weighted by Crippen LogP contribution is -2.16. The van der Waals surface area contributed by atoms with Crippen molar-refractivity contribution in [1.29, 1.82) is 0 Å². The third-order valence-corrected chi connectivity index (χ3v) is 5.15. The van der Waals surface area contributed by atoms with Crippen LogP contribution in [0, 0.1) is 6.92 Å². The Labute approximate surface area is 209 Å². The molecule has 0 amide bonds. The molecule has 0 N–H and O–H groups in total. The highest BCUT2D eigenvalue weighted by Gasteiger charge is 2.40. The molecule has 0 bridgehead atoms. The summed E-state index contributed by atoms with van der Waals surface area (Å²) in [7, 11) is 0. The molecule has 37 heavy (non-hydrogen) atoms. The summed E-state index contributed by atoms with van der Waals surface area (Å²) in [6.07, 6.45) is -2.33. The molecule has 0 radical (unpaired) electrons. The highest BCUT2D eigenvalue weighted by Crippen LogP contribution is 2.40. The van der Waals surface area contributed by atoms with Crippen molar-refractivity contribution in [2.24, 2.45) is 0 Å². The van der Waals surface area contributed by atoms with E-state index in [4.69, 9.17) is 18.6 Å². The molecule has 0 unspecified atom stereocenters. The zero-order chi connectivity index (χ0) is 26.6. The smallest absolute Gasteiger partial charge is 0.453 e. The van der Waals surface area contributed by atoms with Gasteiger partial charge in [0.25, 0.3) is 5.76 Å². The molecule has 0 atom stereocenters. The van der Waals surface area contributed by atoms with Crippen LogP contribution >= 0.6 is 0 Å². The maximum Gasteiger partial charge on any atom is 0.453 e. The molecule has 6 nitrogen and oxygen atoms in total. The van der Waals surface area contributed by atoms with Crippen molar-refractivity contribution in [3.05, 3.63) is 99.9 Å². The lowest BCUT2D eigenvalue weighted by molar-refractivity contribution is -0.154. The molecular formula is C28H21F3O6. The Morgan fingerprint density at radius 1 is 1.00 bits per heavy atom. The summed E-state index contributed by atoms with van der Waals surface area (Å²) in [6.45, 7) is 3.87. The first kappa shape index (κ1) is 25.6. The summed E-state index contributed by atoms with van der Waals surface area (Å²) in [5.74, 6) is -3.42. The van der Waals surface area contributed by atoms with Crippen molar-refractivity contribution in [3.8, 4) is 23.0 Å². The van der Waals surface area contributed by atoms with Crippen LogP contribution < -0.4 is 19.6 Å². The van der Waals surface area contributed by atoms with E-state index in [0.717, 1.165) is 17.2 Å². The molecule has 9 heteroatoms. The minimum absolute atomic E-state index is 0.0765. The molecule has 0 saturated carbocycles. The predicted octanol–water partition coefficient (Wildman–Crippen LogP) is 6.93. The number of hydrogen-bond donors (Lipinski definition) is 0. The van der Waals surface area contributed by atoms with Gasteiger partial charge in [0.15, 0.2) is 11.5 Å². The van der Waals surface area contributed by atoms with Gasteiger partial charge in [0.2, 0.25) is 11.2 Å². The summed E-state index contributed by atoms with van der Waals surface area (Å²) < 4.78 is 62.6. The number of hydrogen-bond acceptors (Lipinski definition) is 6. The number of carbonyl (C=O) groups excluding carboxylic acids is 1. The average molecular weight is 510 g/mol. The third kappa shape index (κ3) is 6.00. The van der Waals surface area contributed by atoms with Gasteiger partial charge in [0, 0.05) is 12.1 Å². The molecule has 1 aromatic heterocycles. The van der Waals surface area contributed by atoms with Crippen LogP contribution in [-0.2, 0) is 11.0 Å². The van der Waals surface area contributed by atoms with Gasteiger partial charge in [-0.25, -0.2) is 4.79 Å². The minimum Gasteiger partial charge on any atom is -0.490 e. The van der Waals surface area contributed by atoms with E-state index in [1.54, 1.807) is 13.0 Å². The summed E-state index contributed by atoms with van der Waals surface area (Å²) in [5.41, 5.74) is 0.357. The van der Waals surface area contributed by atoms with Crippen molar-refractivity contribution >= 4 is 23.0 Å². The van der Waals surface area contributed by atoms with Crippen molar-refractivity contribution in [3.63, 3.8) is 0 Å². The Morgan fingerprint density at radius 3 is 2.38 bits per heavy atom. The molecule has 0 fully saturated rings. The van der Waals surface area contributed by atoms with Gasteiger partial charge in [0.1, 0.15) is 11.3 Å². The molecule has 3 aromatic carbocycles. The number of para-hydroxylation sites is 2. The number of halogens is 3. The van der Waals surface area contributed by atoms with Gasteiger partial charge in [-0.05, 0) is 49.8 Å². The van der Waals surface area contributed by atoms with E-state index in [0.29, 0.717) is 0 Å². The van der Waals surface area contributed by atoms with E-state index in [9.17, 15) is 22.8 Å². The topological polar surface area (TPSA) is 75.0 Å². The number of esters is 1. The lowest BCUT2D eigenvalue weighted by Gasteiger charge is -2.15. The highest BCUT2D eigenvalue weighted by atomic mass is 19.4. The third-order valence-electron chi connectivity index (χ3n) is 5.15. The Bertz CT molecular complexity index is 1520. The van der Waals surface area contributed by atoms with Gasteiger partial charge in [-0.3, -0.25) is 4.79 Å². The first-order chi connectivity index (χ1) is 17.7. The summed E-state index contributed by atoms with van der Waals surface area (Å²) in [6, 6.07) is 16.9. The SMILES string of the molecule is CCOc1ccccc1Oc1c(C(F)(F)F)oc2cc(OC(=O)C=Cc3ccc(C)cc3)ccc2c1=O. The number of aryl methyl sites for hydroxylation is 1. The van der Waals surface area contributed by atoms with Gasteiger partial charge < -0.3 is 18.6 Å². The van der Waals surface area contributed by atoms with Crippen molar-refractivity contribution in [2.75, 3.05) is 6.61 Å². The van der Waals surface area contributed by atoms with E-state index in [2.05, 4.69) is 0 Å². The molecule has 0 spiro atoms. The molecule has 0 aliphatic heterocycles. The number of alkyl halides is 3. The first-order valence-corrected chi connectivity index (χ1v) is 11.2. The summed E-state index contributed by atoms with van der Waals surface area (Å²) >= 11 is 0. The van der Waals surface area contributed by atoms with Gasteiger partial charge in [-0.15, -0.1) is 0 Å². The second-order valence-electron chi connectivity index (χ2n) is 7.89. The van der Waals surface area contributed by atoms with Crippen LogP contribution in [0.5, 0.6) is 23.0 Å². The zero-order valence-corrected chi connectivity index (χ0v) is 19.8. The maximum atomic E-state index is 13.9. The number of rotatable bonds is 7. The van der Waals surface area contributed by atoms with Crippen LogP contribution in [0.4, 0.5) is 13.2 Å². The Morgan fingerprint density at radius 2 is 1.70 bits per heavy atom. The predicted molar refractivity (Wildman–Crippen MR) is 131 cm³/mol.